The van der Waals surface area contributed by atoms with Crippen molar-refractivity contribution in [3.8, 4) is 0 Å². The van der Waals surface area contributed by atoms with Gasteiger partial charge in [0.1, 0.15) is 13.2 Å². The predicted octanol–water partition coefficient (Wildman–Crippen LogP) is 3.86. The molecule has 0 aliphatic heterocycles. The van der Waals surface area contributed by atoms with Gasteiger partial charge in [0.2, 0.25) is 5.91 Å². The maximum Gasteiger partial charge on any atom is 0.410 e. The van der Waals surface area contributed by atoms with Gasteiger partial charge in [-0.2, -0.15) is 0 Å². The number of hydrogen-bond donors (Lipinski definition) is 1. The van der Waals surface area contributed by atoms with Gasteiger partial charge < -0.3 is 15.0 Å². The zero-order chi connectivity index (χ0) is 17.5. The molecule has 0 aromatic heterocycles. The molecule has 0 radical (unpaired) electrons. The van der Waals surface area contributed by atoms with Crippen LogP contribution in [-0.2, 0) is 16.1 Å². The predicted molar refractivity (Wildman–Crippen MR) is 94.1 cm³/mol. The van der Waals surface area contributed by atoms with E-state index in [9.17, 15) is 9.59 Å². The molecule has 0 saturated carbocycles. The van der Waals surface area contributed by atoms with E-state index in [4.69, 9.17) is 16.3 Å². The molecule has 0 atom stereocenters. The van der Waals surface area contributed by atoms with Gasteiger partial charge in [0.25, 0.3) is 0 Å². The third kappa shape index (κ3) is 5.28. The van der Waals surface area contributed by atoms with E-state index in [0.29, 0.717) is 10.7 Å². The molecule has 0 saturated heterocycles. The Morgan fingerprint density at radius 3 is 2.58 bits per heavy atom. The largest absolute Gasteiger partial charge is 0.445 e. The van der Waals surface area contributed by atoms with E-state index in [1.807, 2.05) is 43.3 Å². The number of anilines is 1. The Labute approximate surface area is 146 Å². The zero-order valence-electron chi connectivity index (χ0n) is 13.6. The fourth-order valence-corrected chi connectivity index (χ4v) is 2.20. The number of rotatable bonds is 5. The lowest BCUT2D eigenvalue weighted by atomic mass is 10.2. The number of carbonyl (C=O) groups is 2. The molecule has 5 nitrogen and oxygen atoms in total. The number of likely N-dealkylation sites (N-methyl/N-ethyl adjacent to an activating group) is 1. The van der Waals surface area contributed by atoms with Crippen molar-refractivity contribution < 1.29 is 14.3 Å². The molecule has 0 bridgehead atoms. The maximum absolute atomic E-state index is 12.1. The summed E-state index contributed by atoms with van der Waals surface area (Å²) in [6.07, 6.45) is -0.559. The highest BCUT2D eigenvalue weighted by Gasteiger charge is 2.15. The van der Waals surface area contributed by atoms with E-state index in [0.717, 1.165) is 11.1 Å². The van der Waals surface area contributed by atoms with Crippen molar-refractivity contribution in [1.29, 1.82) is 0 Å². The van der Waals surface area contributed by atoms with Crippen LogP contribution in [0.3, 0.4) is 0 Å². The molecular weight excluding hydrogens is 328 g/mol. The van der Waals surface area contributed by atoms with Crippen LogP contribution >= 0.6 is 11.6 Å². The molecule has 0 spiro atoms. The minimum atomic E-state index is -0.559. The summed E-state index contributed by atoms with van der Waals surface area (Å²) in [5.74, 6) is -0.320. The minimum Gasteiger partial charge on any atom is -0.445 e. The highest BCUT2D eigenvalue weighted by atomic mass is 35.5. The van der Waals surface area contributed by atoms with Crippen molar-refractivity contribution in [1.82, 2.24) is 4.90 Å². The van der Waals surface area contributed by atoms with Gasteiger partial charge in [0.15, 0.2) is 0 Å². The summed E-state index contributed by atoms with van der Waals surface area (Å²) in [4.78, 5) is 25.2. The third-order valence-corrected chi connectivity index (χ3v) is 3.61. The molecule has 2 rings (SSSR count). The van der Waals surface area contributed by atoms with Crippen molar-refractivity contribution in [2.24, 2.45) is 0 Å². The first-order valence-electron chi connectivity index (χ1n) is 7.43. The molecule has 2 amide bonds. The van der Waals surface area contributed by atoms with Crippen LogP contribution in [0.15, 0.2) is 48.5 Å². The molecular formula is C18H19ClN2O3. The van der Waals surface area contributed by atoms with Gasteiger partial charge in [-0.05, 0) is 30.2 Å². The monoisotopic (exact) mass is 346 g/mol. The van der Waals surface area contributed by atoms with Crippen LogP contribution in [-0.4, -0.2) is 30.5 Å². The number of ether oxygens (including phenoxy) is 1. The second-order valence-corrected chi connectivity index (χ2v) is 5.84. The molecule has 2 aromatic rings. The average molecular weight is 347 g/mol. The van der Waals surface area contributed by atoms with E-state index in [-0.39, 0.29) is 19.1 Å². The van der Waals surface area contributed by atoms with Gasteiger partial charge >= 0.3 is 6.09 Å². The lowest BCUT2D eigenvalue weighted by Crippen LogP contribution is -2.35. The van der Waals surface area contributed by atoms with Crippen LogP contribution < -0.4 is 5.32 Å². The summed E-state index contributed by atoms with van der Waals surface area (Å²) in [6.45, 7) is 1.92. The number of benzene rings is 2. The number of nitrogens with one attached hydrogen (secondary N) is 1. The van der Waals surface area contributed by atoms with E-state index in [2.05, 4.69) is 5.32 Å². The summed E-state index contributed by atoms with van der Waals surface area (Å²) in [7, 11) is 1.51. The van der Waals surface area contributed by atoms with Crippen LogP contribution in [0.1, 0.15) is 11.1 Å². The van der Waals surface area contributed by atoms with Crippen molar-refractivity contribution in [3.05, 3.63) is 64.7 Å². The second-order valence-electron chi connectivity index (χ2n) is 5.40. The zero-order valence-corrected chi connectivity index (χ0v) is 14.3. The topological polar surface area (TPSA) is 58.6 Å². The summed E-state index contributed by atoms with van der Waals surface area (Å²) in [6, 6.07) is 14.6. The number of hydrogen-bond acceptors (Lipinski definition) is 3. The Hall–Kier alpha value is -2.53. The highest BCUT2D eigenvalue weighted by Crippen LogP contribution is 2.20. The van der Waals surface area contributed by atoms with Gasteiger partial charge in [-0.3, -0.25) is 4.79 Å². The Morgan fingerprint density at radius 2 is 1.88 bits per heavy atom. The van der Waals surface area contributed by atoms with Crippen molar-refractivity contribution in [2.75, 3.05) is 18.9 Å². The van der Waals surface area contributed by atoms with Crippen LogP contribution in [0, 0.1) is 6.92 Å². The van der Waals surface area contributed by atoms with E-state index in [1.54, 1.807) is 12.1 Å². The Bertz CT molecular complexity index is 719. The summed E-state index contributed by atoms with van der Waals surface area (Å²) < 4.78 is 5.17. The smallest absolute Gasteiger partial charge is 0.410 e. The van der Waals surface area contributed by atoms with E-state index < -0.39 is 6.09 Å². The lowest BCUT2D eigenvalue weighted by Gasteiger charge is -2.17. The van der Waals surface area contributed by atoms with Gasteiger partial charge in [0, 0.05) is 17.8 Å². The molecule has 0 aliphatic carbocycles. The summed E-state index contributed by atoms with van der Waals surface area (Å²) in [5.41, 5.74) is 2.40. The SMILES string of the molecule is Cc1ccc(Cl)cc1NC(=O)CN(C)C(=O)OCc1ccccc1. The first-order valence-corrected chi connectivity index (χ1v) is 7.81. The van der Waals surface area contributed by atoms with Gasteiger partial charge in [-0.25, -0.2) is 4.79 Å². The molecule has 0 heterocycles. The molecule has 1 N–H and O–H groups in total. The lowest BCUT2D eigenvalue weighted by molar-refractivity contribution is -0.116. The number of halogens is 1. The Morgan fingerprint density at radius 1 is 1.17 bits per heavy atom. The molecule has 0 unspecified atom stereocenters. The average Bonchev–Trinajstić information content (AvgIpc) is 2.56. The normalized spacial score (nSPS) is 10.1. The Kier molecular flexibility index (Phi) is 6.21. The van der Waals surface area contributed by atoms with Gasteiger partial charge in [-0.1, -0.05) is 48.0 Å². The van der Waals surface area contributed by atoms with Crippen molar-refractivity contribution in [3.63, 3.8) is 0 Å². The van der Waals surface area contributed by atoms with Crippen LogP contribution in [0.25, 0.3) is 0 Å². The molecule has 2 aromatic carbocycles. The quantitative estimate of drug-likeness (QED) is 0.894. The van der Waals surface area contributed by atoms with Crippen molar-refractivity contribution in [2.45, 2.75) is 13.5 Å². The molecule has 24 heavy (non-hydrogen) atoms. The molecule has 6 heteroatoms. The minimum absolute atomic E-state index is 0.112. The number of aryl methyl sites for hydroxylation is 1. The fourth-order valence-electron chi connectivity index (χ4n) is 2.03. The second kappa shape index (κ2) is 8.36. The molecule has 0 fully saturated rings. The highest BCUT2D eigenvalue weighted by molar-refractivity contribution is 6.31. The van der Waals surface area contributed by atoms with E-state index >= 15 is 0 Å². The number of carbonyl (C=O) groups excluding carboxylic acids is 2. The Balaban J connectivity index is 1.84. The van der Waals surface area contributed by atoms with Gasteiger partial charge in [-0.15, -0.1) is 0 Å². The first-order chi connectivity index (χ1) is 11.5. The maximum atomic E-state index is 12.1. The standard InChI is InChI=1S/C18H19ClN2O3/c1-13-8-9-15(19)10-16(13)20-17(22)11-21(2)18(23)24-12-14-6-4-3-5-7-14/h3-10H,11-12H2,1-2H3,(H,20,22). The summed E-state index contributed by atoms with van der Waals surface area (Å²) >= 11 is 5.92. The fraction of sp³-hybridized carbons (Fsp3) is 0.222. The van der Waals surface area contributed by atoms with E-state index in [1.165, 1.54) is 11.9 Å². The van der Waals surface area contributed by atoms with Crippen LogP contribution in [0.4, 0.5) is 10.5 Å². The van der Waals surface area contributed by atoms with Crippen LogP contribution in [0.5, 0.6) is 0 Å². The number of nitrogens with zero attached hydrogens (tertiary/aromatic N) is 1. The van der Waals surface area contributed by atoms with Crippen molar-refractivity contribution >= 4 is 29.3 Å². The molecule has 0 aliphatic rings. The van der Waals surface area contributed by atoms with Crippen LogP contribution in [0.2, 0.25) is 5.02 Å². The third-order valence-electron chi connectivity index (χ3n) is 3.37. The summed E-state index contributed by atoms with van der Waals surface area (Å²) in [5, 5.41) is 3.27. The molecule has 126 valence electrons. The number of amides is 2. The first kappa shape index (κ1) is 17.8. The van der Waals surface area contributed by atoms with Gasteiger partial charge in [0.05, 0.1) is 0 Å².